The van der Waals surface area contributed by atoms with Gasteiger partial charge >= 0.3 is 0 Å². The molecule has 1 amide bonds. The van der Waals surface area contributed by atoms with Crippen molar-refractivity contribution in [3.05, 3.63) is 42.5 Å². The van der Waals surface area contributed by atoms with Gasteiger partial charge in [-0.3, -0.25) is 4.79 Å². The Kier molecular flexibility index (Phi) is 4.74. The van der Waals surface area contributed by atoms with Gasteiger partial charge in [-0.05, 0) is 31.9 Å². The molecule has 2 heterocycles. The number of hydrogen-bond donors (Lipinski definition) is 0. The third kappa shape index (κ3) is 2.96. The first-order valence-corrected chi connectivity index (χ1v) is 8.15. The number of aromatic nitrogens is 2. The number of amides is 1. The Morgan fingerprint density at radius 1 is 1.33 bits per heavy atom. The van der Waals surface area contributed by atoms with Crippen LogP contribution in [-0.2, 0) is 4.79 Å². The molecule has 1 aromatic heterocycles. The number of ether oxygens (including phenoxy) is 2. The molecular formula is C18H23N3O3. The average molecular weight is 329 g/mol. The number of imidazole rings is 1. The summed E-state index contributed by atoms with van der Waals surface area (Å²) in [5.74, 6) is 1.61. The number of likely N-dealkylation sites (tertiary alicyclic amines) is 1. The van der Waals surface area contributed by atoms with Gasteiger partial charge in [-0.2, -0.15) is 0 Å². The van der Waals surface area contributed by atoms with E-state index in [-0.39, 0.29) is 18.0 Å². The summed E-state index contributed by atoms with van der Waals surface area (Å²) in [6, 6.07) is 5.55. The van der Waals surface area contributed by atoms with E-state index in [4.69, 9.17) is 9.47 Å². The highest BCUT2D eigenvalue weighted by Crippen LogP contribution is 2.39. The minimum absolute atomic E-state index is 0.0318. The van der Waals surface area contributed by atoms with Gasteiger partial charge in [0, 0.05) is 30.6 Å². The van der Waals surface area contributed by atoms with Gasteiger partial charge in [-0.1, -0.05) is 0 Å². The van der Waals surface area contributed by atoms with Gasteiger partial charge in [0.2, 0.25) is 5.91 Å². The zero-order chi connectivity index (χ0) is 17.1. The summed E-state index contributed by atoms with van der Waals surface area (Å²) >= 11 is 0. The fourth-order valence-electron chi connectivity index (χ4n) is 3.31. The van der Waals surface area contributed by atoms with Crippen molar-refractivity contribution < 1.29 is 14.3 Å². The Morgan fingerprint density at radius 2 is 2.17 bits per heavy atom. The van der Waals surface area contributed by atoms with Crippen LogP contribution in [0.4, 0.5) is 0 Å². The minimum Gasteiger partial charge on any atom is -0.497 e. The lowest BCUT2D eigenvalue weighted by Crippen LogP contribution is -2.35. The molecule has 1 aromatic carbocycles. The number of methoxy groups -OCH3 is 2. The summed E-state index contributed by atoms with van der Waals surface area (Å²) in [4.78, 5) is 18.9. The van der Waals surface area contributed by atoms with Crippen LogP contribution >= 0.6 is 0 Å². The lowest BCUT2D eigenvalue weighted by Gasteiger charge is -2.29. The maximum atomic E-state index is 13.0. The number of carbonyl (C=O) groups excluding carboxylic acids is 1. The van der Waals surface area contributed by atoms with Crippen molar-refractivity contribution in [2.24, 2.45) is 0 Å². The summed E-state index contributed by atoms with van der Waals surface area (Å²) in [5.41, 5.74) is 1.03. The van der Waals surface area contributed by atoms with Gasteiger partial charge in [0.15, 0.2) is 0 Å². The lowest BCUT2D eigenvalue weighted by atomic mass is 10.0. The Balaban J connectivity index is 1.87. The van der Waals surface area contributed by atoms with E-state index in [2.05, 4.69) is 4.98 Å². The maximum Gasteiger partial charge on any atom is 0.245 e. The average Bonchev–Trinajstić information content (AvgIpc) is 3.31. The summed E-state index contributed by atoms with van der Waals surface area (Å²) in [6.45, 7) is 2.67. The first-order chi connectivity index (χ1) is 11.7. The summed E-state index contributed by atoms with van der Waals surface area (Å²) in [6.07, 6.45) is 7.12. The SMILES string of the molecule is COc1ccc([C@@H]2CCCN2C(=O)[C@@H](C)n2ccnc2)c(OC)c1. The van der Waals surface area contributed by atoms with Crippen LogP contribution in [0.5, 0.6) is 11.5 Å². The molecule has 0 radical (unpaired) electrons. The molecule has 1 fully saturated rings. The normalized spacial score (nSPS) is 18.5. The third-order valence-corrected chi connectivity index (χ3v) is 4.66. The molecule has 0 unspecified atom stereocenters. The molecule has 0 saturated carbocycles. The van der Waals surface area contributed by atoms with Crippen LogP contribution in [0.15, 0.2) is 36.9 Å². The van der Waals surface area contributed by atoms with Crippen LogP contribution in [-0.4, -0.2) is 41.1 Å². The quantitative estimate of drug-likeness (QED) is 0.846. The second kappa shape index (κ2) is 6.95. The molecule has 24 heavy (non-hydrogen) atoms. The smallest absolute Gasteiger partial charge is 0.245 e. The second-order valence-corrected chi connectivity index (χ2v) is 5.98. The second-order valence-electron chi connectivity index (χ2n) is 5.98. The molecule has 0 aliphatic carbocycles. The first kappa shape index (κ1) is 16.4. The van der Waals surface area contributed by atoms with Crippen molar-refractivity contribution in [3.63, 3.8) is 0 Å². The van der Waals surface area contributed by atoms with Crippen LogP contribution in [0.1, 0.15) is 37.4 Å². The molecule has 6 nitrogen and oxygen atoms in total. The van der Waals surface area contributed by atoms with Crippen molar-refractivity contribution >= 4 is 5.91 Å². The van der Waals surface area contributed by atoms with Crippen LogP contribution < -0.4 is 9.47 Å². The van der Waals surface area contributed by atoms with E-state index in [1.165, 1.54) is 0 Å². The van der Waals surface area contributed by atoms with Crippen LogP contribution in [0, 0.1) is 0 Å². The molecule has 0 bridgehead atoms. The molecule has 2 aromatic rings. The Morgan fingerprint density at radius 3 is 2.83 bits per heavy atom. The van der Waals surface area contributed by atoms with Gasteiger partial charge in [0.05, 0.1) is 26.6 Å². The van der Waals surface area contributed by atoms with E-state index in [9.17, 15) is 4.79 Å². The number of nitrogens with zero attached hydrogens (tertiary/aromatic N) is 3. The Labute approximate surface area is 142 Å². The summed E-state index contributed by atoms with van der Waals surface area (Å²) < 4.78 is 12.6. The minimum atomic E-state index is -0.266. The topological polar surface area (TPSA) is 56.6 Å². The number of benzene rings is 1. The molecule has 128 valence electrons. The molecule has 0 spiro atoms. The molecule has 1 saturated heterocycles. The zero-order valence-corrected chi connectivity index (χ0v) is 14.3. The highest BCUT2D eigenvalue weighted by Gasteiger charge is 2.34. The van der Waals surface area contributed by atoms with E-state index < -0.39 is 0 Å². The molecule has 2 atom stereocenters. The number of carbonyl (C=O) groups is 1. The van der Waals surface area contributed by atoms with E-state index in [0.717, 1.165) is 36.4 Å². The van der Waals surface area contributed by atoms with Crippen molar-refractivity contribution in [1.29, 1.82) is 0 Å². The van der Waals surface area contributed by atoms with Crippen molar-refractivity contribution in [3.8, 4) is 11.5 Å². The highest BCUT2D eigenvalue weighted by atomic mass is 16.5. The fraction of sp³-hybridized carbons (Fsp3) is 0.444. The van der Waals surface area contributed by atoms with Crippen molar-refractivity contribution in [1.82, 2.24) is 14.5 Å². The molecule has 0 N–H and O–H groups in total. The first-order valence-electron chi connectivity index (χ1n) is 8.15. The molecule has 3 rings (SSSR count). The van der Waals surface area contributed by atoms with E-state index in [1.807, 2.05) is 40.8 Å². The van der Waals surface area contributed by atoms with Crippen molar-refractivity contribution in [2.45, 2.75) is 31.8 Å². The third-order valence-electron chi connectivity index (χ3n) is 4.66. The monoisotopic (exact) mass is 329 g/mol. The van der Waals surface area contributed by atoms with Gasteiger partial charge < -0.3 is 18.9 Å². The van der Waals surface area contributed by atoms with Crippen LogP contribution in [0.2, 0.25) is 0 Å². The van der Waals surface area contributed by atoms with E-state index in [0.29, 0.717) is 0 Å². The van der Waals surface area contributed by atoms with E-state index >= 15 is 0 Å². The molecule has 1 aliphatic heterocycles. The predicted octanol–water partition coefficient (Wildman–Crippen LogP) is 2.83. The Hall–Kier alpha value is -2.50. The zero-order valence-electron chi connectivity index (χ0n) is 14.3. The van der Waals surface area contributed by atoms with Crippen LogP contribution in [0.25, 0.3) is 0 Å². The van der Waals surface area contributed by atoms with Crippen molar-refractivity contribution in [2.75, 3.05) is 20.8 Å². The van der Waals surface area contributed by atoms with Gasteiger partial charge in [0.25, 0.3) is 0 Å². The predicted molar refractivity (Wildman–Crippen MR) is 90.2 cm³/mol. The largest absolute Gasteiger partial charge is 0.497 e. The summed E-state index contributed by atoms with van der Waals surface area (Å²) in [5, 5.41) is 0. The lowest BCUT2D eigenvalue weighted by molar-refractivity contribution is -0.135. The van der Waals surface area contributed by atoms with Crippen LogP contribution in [0.3, 0.4) is 0 Å². The molecule has 1 aliphatic rings. The number of hydrogen-bond acceptors (Lipinski definition) is 4. The van der Waals surface area contributed by atoms with Gasteiger partial charge in [-0.15, -0.1) is 0 Å². The number of rotatable bonds is 5. The standard InChI is InChI=1S/C18H23N3O3/c1-13(20-10-8-19-12-20)18(22)21-9-4-5-16(21)15-7-6-14(23-2)11-17(15)24-3/h6-8,10-13,16H,4-5,9H2,1-3H3/t13-,16+/m1/s1. The Bertz CT molecular complexity index is 700. The highest BCUT2D eigenvalue weighted by molar-refractivity contribution is 5.81. The van der Waals surface area contributed by atoms with E-state index in [1.54, 1.807) is 26.7 Å². The molecule has 6 heteroatoms. The van der Waals surface area contributed by atoms with Gasteiger partial charge in [-0.25, -0.2) is 4.98 Å². The van der Waals surface area contributed by atoms with Gasteiger partial charge in [0.1, 0.15) is 17.5 Å². The molecular weight excluding hydrogens is 306 g/mol. The maximum absolute atomic E-state index is 13.0. The summed E-state index contributed by atoms with van der Waals surface area (Å²) in [7, 11) is 3.28. The fourth-order valence-corrected chi connectivity index (χ4v) is 3.31.